The quantitative estimate of drug-likeness (QED) is 0.796. The zero-order valence-electron chi connectivity index (χ0n) is 14.7. The number of ether oxygens (including phenoxy) is 2. The van der Waals surface area contributed by atoms with Gasteiger partial charge < -0.3 is 9.47 Å². The number of nitrogens with zero attached hydrogens (tertiary/aromatic N) is 2. The molecule has 144 valence electrons. The number of anilines is 1. The lowest BCUT2D eigenvalue weighted by Gasteiger charge is -2.12. The zero-order valence-corrected chi connectivity index (χ0v) is 15.6. The summed E-state index contributed by atoms with van der Waals surface area (Å²) in [6.07, 6.45) is 1.27. The van der Waals surface area contributed by atoms with Crippen molar-refractivity contribution in [3.05, 3.63) is 54.2 Å². The van der Waals surface area contributed by atoms with Crippen molar-refractivity contribution >= 4 is 34.8 Å². The van der Waals surface area contributed by atoms with Gasteiger partial charge in [-0.15, -0.1) is 0 Å². The number of rotatable bonds is 6. The summed E-state index contributed by atoms with van der Waals surface area (Å²) < 4.78 is 11.0. The molecule has 2 unspecified atom stereocenters. The maximum Gasteiger partial charge on any atom is 0.416 e. The van der Waals surface area contributed by atoms with Crippen molar-refractivity contribution in [3.8, 4) is 5.75 Å². The Morgan fingerprint density at radius 1 is 1.18 bits per heavy atom. The predicted molar refractivity (Wildman–Crippen MR) is 102 cm³/mol. The maximum atomic E-state index is 12.0. The molecule has 0 aliphatic carbocycles. The number of cyclic esters (lactones) is 1. The second-order valence-electron chi connectivity index (χ2n) is 6.35. The highest BCUT2D eigenvalue weighted by Crippen LogP contribution is 2.24. The molecule has 1 N–H and O–H groups in total. The molecule has 1 aromatic carbocycles. The van der Waals surface area contributed by atoms with Crippen molar-refractivity contribution in [1.82, 2.24) is 10.3 Å². The molecule has 8 nitrogen and oxygen atoms in total. The van der Waals surface area contributed by atoms with Crippen molar-refractivity contribution in [2.45, 2.75) is 17.8 Å². The molecule has 2 aromatic rings. The number of pyridine rings is 1. The average molecular weight is 399 g/mol. The largest absolute Gasteiger partial charge is 0.490 e. The standard InChI is InChI=1S/C19H17N3O5S/c23-17-15(28-18(24)21-17)9-12-4-6-13(7-5-12)26-11-14-10-22(19(25)27-14)16-3-1-2-8-20-16/h1-8,14-15H,9-11H2,(H,21,23,24). The molecule has 2 fully saturated rings. The van der Waals surface area contributed by atoms with E-state index in [0.29, 0.717) is 24.5 Å². The molecule has 2 saturated heterocycles. The second-order valence-corrected chi connectivity index (χ2v) is 7.52. The van der Waals surface area contributed by atoms with Crippen molar-refractivity contribution in [2.75, 3.05) is 18.1 Å². The highest BCUT2D eigenvalue weighted by Gasteiger charge is 2.33. The van der Waals surface area contributed by atoms with E-state index >= 15 is 0 Å². The summed E-state index contributed by atoms with van der Waals surface area (Å²) in [6, 6.07) is 12.6. The molecule has 0 saturated carbocycles. The Balaban J connectivity index is 1.29. The molecule has 28 heavy (non-hydrogen) atoms. The van der Waals surface area contributed by atoms with Gasteiger partial charge in [0.15, 0.2) is 6.10 Å². The third kappa shape index (κ3) is 4.09. The molecule has 3 heterocycles. The van der Waals surface area contributed by atoms with E-state index in [-0.39, 0.29) is 17.8 Å². The van der Waals surface area contributed by atoms with E-state index in [2.05, 4.69) is 10.3 Å². The van der Waals surface area contributed by atoms with E-state index in [1.54, 1.807) is 30.5 Å². The summed E-state index contributed by atoms with van der Waals surface area (Å²) in [4.78, 5) is 40.5. The molecule has 2 aliphatic heterocycles. The maximum absolute atomic E-state index is 12.0. The number of aromatic nitrogens is 1. The Bertz CT molecular complexity index is 890. The first-order valence-electron chi connectivity index (χ1n) is 8.71. The number of imide groups is 1. The van der Waals surface area contributed by atoms with Crippen LogP contribution >= 0.6 is 11.8 Å². The number of benzene rings is 1. The van der Waals surface area contributed by atoms with Crippen molar-refractivity contribution < 1.29 is 23.9 Å². The molecule has 1 aromatic heterocycles. The van der Waals surface area contributed by atoms with Crippen LogP contribution in [0.3, 0.4) is 0 Å². The SMILES string of the molecule is O=C1NC(=O)C(Cc2ccc(OCC3CN(c4ccccn4)C(=O)O3)cc2)S1. The van der Waals surface area contributed by atoms with Gasteiger partial charge in [-0.2, -0.15) is 0 Å². The smallest absolute Gasteiger partial charge is 0.416 e. The molecular weight excluding hydrogens is 382 g/mol. The fourth-order valence-electron chi connectivity index (χ4n) is 2.96. The van der Waals surface area contributed by atoms with E-state index in [1.165, 1.54) is 4.90 Å². The molecule has 4 rings (SSSR count). The Labute approximate surface area is 165 Å². The molecule has 0 radical (unpaired) electrons. The molecular formula is C19H17N3O5S. The van der Waals surface area contributed by atoms with Crippen LogP contribution in [-0.4, -0.2) is 46.7 Å². The molecule has 3 amide bonds. The lowest BCUT2D eigenvalue weighted by Crippen LogP contribution is -2.27. The molecule has 2 aliphatic rings. The van der Waals surface area contributed by atoms with Crippen LogP contribution in [0.2, 0.25) is 0 Å². The molecule has 2 atom stereocenters. The lowest BCUT2D eigenvalue weighted by molar-refractivity contribution is -0.118. The van der Waals surface area contributed by atoms with Crippen LogP contribution in [0.5, 0.6) is 5.75 Å². The van der Waals surface area contributed by atoms with Gasteiger partial charge in [0.1, 0.15) is 18.2 Å². The molecule has 9 heteroatoms. The Kier molecular flexibility index (Phi) is 5.16. The summed E-state index contributed by atoms with van der Waals surface area (Å²) in [5.74, 6) is 0.929. The number of thioether (sulfide) groups is 1. The minimum absolute atomic E-state index is 0.226. The van der Waals surface area contributed by atoms with Gasteiger partial charge in [0.25, 0.3) is 5.24 Å². The Hall–Kier alpha value is -3.07. The fourth-order valence-corrected chi connectivity index (χ4v) is 3.82. The van der Waals surface area contributed by atoms with Crippen LogP contribution in [0, 0.1) is 0 Å². The Morgan fingerprint density at radius 3 is 2.68 bits per heavy atom. The topological polar surface area (TPSA) is 97.8 Å². The third-order valence-electron chi connectivity index (χ3n) is 4.35. The first-order valence-corrected chi connectivity index (χ1v) is 9.59. The van der Waals surface area contributed by atoms with E-state index in [9.17, 15) is 14.4 Å². The first kappa shape index (κ1) is 18.3. The normalized spacial score (nSPS) is 21.6. The minimum atomic E-state index is -0.440. The molecule has 0 spiro atoms. The van der Waals surface area contributed by atoms with Gasteiger partial charge in [-0.25, -0.2) is 9.78 Å². The number of carbonyl (C=O) groups is 3. The van der Waals surface area contributed by atoms with E-state index < -0.39 is 17.4 Å². The highest BCUT2D eigenvalue weighted by molar-refractivity contribution is 8.15. The van der Waals surface area contributed by atoms with Gasteiger partial charge in [0.2, 0.25) is 5.91 Å². The van der Waals surface area contributed by atoms with Crippen molar-refractivity contribution in [3.63, 3.8) is 0 Å². The predicted octanol–water partition coefficient (Wildman–Crippen LogP) is 2.38. The summed E-state index contributed by atoms with van der Waals surface area (Å²) >= 11 is 1.01. The number of hydrogen-bond acceptors (Lipinski definition) is 7. The molecule has 0 bridgehead atoms. The number of hydrogen-bond donors (Lipinski definition) is 1. The minimum Gasteiger partial charge on any atom is -0.490 e. The van der Waals surface area contributed by atoms with Crippen LogP contribution < -0.4 is 15.0 Å². The van der Waals surface area contributed by atoms with Gasteiger partial charge in [0.05, 0.1) is 11.8 Å². The average Bonchev–Trinajstić information content (AvgIpc) is 3.23. The summed E-state index contributed by atoms with van der Waals surface area (Å²) in [6.45, 7) is 0.597. The van der Waals surface area contributed by atoms with Crippen LogP contribution in [0.1, 0.15) is 5.56 Å². The van der Waals surface area contributed by atoms with Gasteiger partial charge >= 0.3 is 6.09 Å². The number of amides is 3. The van der Waals surface area contributed by atoms with Crippen molar-refractivity contribution in [1.29, 1.82) is 0 Å². The lowest BCUT2D eigenvalue weighted by atomic mass is 10.1. The van der Waals surface area contributed by atoms with Crippen LogP contribution in [-0.2, 0) is 16.0 Å². The van der Waals surface area contributed by atoms with Crippen LogP contribution in [0.25, 0.3) is 0 Å². The second kappa shape index (κ2) is 7.89. The van der Waals surface area contributed by atoms with Gasteiger partial charge in [-0.05, 0) is 36.2 Å². The monoisotopic (exact) mass is 399 g/mol. The van der Waals surface area contributed by atoms with Crippen molar-refractivity contribution in [2.24, 2.45) is 0 Å². The number of carbonyl (C=O) groups excluding carboxylic acids is 3. The van der Waals surface area contributed by atoms with Crippen LogP contribution in [0.15, 0.2) is 48.7 Å². The third-order valence-corrected chi connectivity index (χ3v) is 5.33. The summed E-state index contributed by atoms with van der Waals surface area (Å²) in [7, 11) is 0. The Morgan fingerprint density at radius 2 is 2.00 bits per heavy atom. The van der Waals surface area contributed by atoms with E-state index in [4.69, 9.17) is 9.47 Å². The zero-order chi connectivity index (χ0) is 19.5. The van der Waals surface area contributed by atoms with Gasteiger partial charge in [-0.3, -0.25) is 19.8 Å². The summed E-state index contributed by atoms with van der Waals surface area (Å²) in [5.41, 5.74) is 0.934. The van der Waals surface area contributed by atoms with Gasteiger partial charge in [-0.1, -0.05) is 30.0 Å². The number of nitrogens with one attached hydrogen (secondary N) is 1. The highest BCUT2D eigenvalue weighted by atomic mass is 32.2. The van der Waals surface area contributed by atoms with E-state index in [1.807, 2.05) is 18.2 Å². The first-order chi connectivity index (χ1) is 13.6. The van der Waals surface area contributed by atoms with Gasteiger partial charge in [0, 0.05) is 6.20 Å². The van der Waals surface area contributed by atoms with E-state index in [0.717, 1.165) is 17.3 Å². The summed E-state index contributed by atoms with van der Waals surface area (Å²) in [5, 5.41) is 1.58. The van der Waals surface area contributed by atoms with Crippen LogP contribution in [0.4, 0.5) is 15.4 Å². The fraction of sp³-hybridized carbons (Fsp3) is 0.263.